The highest BCUT2D eigenvalue weighted by molar-refractivity contribution is 6.39. The van der Waals surface area contributed by atoms with Gasteiger partial charge in [-0.05, 0) is 37.0 Å². The van der Waals surface area contributed by atoms with Crippen molar-refractivity contribution in [1.29, 1.82) is 0 Å². The molecule has 1 rings (SSSR count). The maximum absolute atomic E-state index is 11.8. The number of anilines is 1. The number of hydrogen-bond acceptors (Lipinski definition) is 3. The topological polar surface area (TPSA) is 78.4 Å². The van der Waals surface area contributed by atoms with Crippen LogP contribution in [0.15, 0.2) is 24.3 Å². The van der Waals surface area contributed by atoms with Crippen molar-refractivity contribution >= 4 is 17.5 Å². The number of amides is 2. The van der Waals surface area contributed by atoms with Crippen molar-refractivity contribution in [2.45, 2.75) is 45.6 Å². The molecule has 1 aromatic rings. The van der Waals surface area contributed by atoms with Crippen molar-refractivity contribution in [3.8, 4) is 0 Å². The molecule has 0 fully saturated rings. The van der Waals surface area contributed by atoms with E-state index in [1.54, 1.807) is 12.1 Å². The van der Waals surface area contributed by atoms with Crippen molar-refractivity contribution in [3.63, 3.8) is 0 Å². The maximum Gasteiger partial charge on any atom is 0.313 e. The van der Waals surface area contributed by atoms with E-state index < -0.39 is 17.4 Å². The fraction of sp³-hybridized carbons (Fsp3) is 0.500. The van der Waals surface area contributed by atoms with E-state index in [4.69, 9.17) is 0 Å². The second-order valence-corrected chi connectivity index (χ2v) is 5.12. The highest BCUT2D eigenvalue weighted by Crippen LogP contribution is 2.13. The lowest BCUT2D eigenvalue weighted by molar-refractivity contribution is -0.136. The Morgan fingerprint density at radius 2 is 1.62 bits per heavy atom. The Hall–Kier alpha value is -1.88. The normalized spacial score (nSPS) is 11.0. The molecule has 0 saturated carbocycles. The lowest BCUT2D eigenvalue weighted by Gasteiger charge is -2.25. The average molecular weight is 292 g/mol. The van der Waals surface area contributed by atoms with Crippen LogP contribution in [0.3, 0.4) is 0 Å². The van der Waals surface area contributed by atoms with E-state index in [2.05, 4.69) is 10.6 Å². The van der Waals surface area contributed by atoms with Gasteiger partial charge in [-0.15, -0.1) is 0 Å². The summed E-state index contributed by atoms with van der Waals surface area (Å²) in [6, 6.07) is 7.33. The van der Waals surface area contributed by atoms with E-state index >= 15 is 0 Å². The molecule has 1 aromatic carbocycles. The van der Waals surface area contributed by atoms with Gasteiger partial charge in [0.25, 0.3) is 0 Å². The van der Waals surface area contributed by atoms with Gasteiger partial charge in [0.2, 0.25) is 0 Å². The fourth-order valence-corrected chi connectivity index (χ4v) is 1.84. The van der Waals surface area contributed by atoms with Gasteiger partial charge in [0, 0.05) is 12.2 Å². The molecule has 3 N–H and O–H groups in total. The summed E-state index contributed by atoms with van der Waals surface area (Å²) in [6.45, 7) is 5.79. The van der Waals surface area contributed by atoms with Crippen LogP contribution in [0.5, 0.6) is 0 Å². The smallest absolute Gasteiger partial charge is 0.313 e. The lowest BCUT2D eigenvalue weighted by Crippen LogP contribution is -2.45. The van der Waals surface area contributed by atoms with E-state index in [-0.39, 0.29) is 6.54 Å². The van der Waals surface area contributed by atoms with Gasteiger partial charge in [-0.2, -0.15) is 0 Å². The predicted octanol–water partition coefficient (Wildman–Crippen LogP) is 1.85. The highest BCUT2D eigenvalue weighted by atomic mass is 16.3. The van der Waals surface area contributed by atoms with Gasteiger partial charge in [-0.3, -0.25) is 9.59 Å². The predicted molar refractivity (Wildman–Crippen MR) is 83.0 cm³/mol. The highest BCUT2D eigenvalue weighted by Gasteiger charge is 2.24. The zero-order chi connectivity index (χ0) is 15.9. The molecule has 0 spiro atoms. The molecular weight excluding hydrogens is 268 g/mol. The molecule has 0 aliphatic carbocycles. The minimum atomic E-state index is -0.960. The molecule has 5 heteroatoms. The Morgan fingerprint density at radius 3 is 2.10 bits per heavy atom. The summed E-state index contributed by atoms with van der Waals surface area (Å²) in [5.74, 6) is -1.47. The zero-order valence-electron chi connectivity index (χ0n) is 12.9. The molecule has 0 bridgehead atoms. The van der Waals surface area contributed by atoms with Crippen LogP contribution >= 0.6 is 0 Å². The van der Waals surface area contributed by atoms with Crippen molar-refractivity contribution in [2.24, 2.45) is 0 Å². The monoisotopic (exact) mass is 292 g/mol. The van der Waals surface area contributed by atoms with Crippen LogP contribution in [-0.4, -0.2) is 29.1 Å². The SMILES string of the molecule is CCc1ccc(NC(=O)C(=O)NCC(O)(CC)CC)cc1. The van der Waals surface area contributed by atoms with Gasteiger partial charge in [-0.25, -0.2) is 0 Å². The van der Waals surface area contributed by atoms with Gasteiger partial charge in [-0.1, -0.05) is 32.9 Å². The van der Waals surface area contributed by atoms with E-state index in [1.165, 1.54) is 0 Å². The minimum absolute atomic E-state index is 0.0705. The molecular formula is C16H24N2O3. The van der Waals surface area contributed by atoms with E-state index in [9.17, 15) is 14.7 Å². The Kier molecular flexibility index (Phi) is 6.37. The first-order valence-electron chi connectivity index (χ1n) is 7.34. The van der Waals surface area contributed by atoms with E-state index in [0.717, 1.165) is 12.0 Å². The number of aliphatic hydroxyl groups is 1. The first kappa shape index (κ1) is 17.2. The Morgan fingerprint density at radius 1 is 1.05 bits per heavy atom. The first-order valence-corrected chi connectivity index (χ1v) is 7.34. The molecule has 2 amide bonds. The van der Waals surface area contributed by atoms with Gasteiger partial charge in [0.15, 0.2) is 0 Å². The number of carbonyl (C=O) groups excluding carboxylic acids is 2. The Bertz CT molecular complexity index is 479. The molecule has 0 atom stereocenters. The summed E-state index contributed by atoms with van der Waals surface area (Å²) in [4.78, 5) is 23.5. The molecule has 116 valence electrons. The standard InChI is InChI=1S/C16H24N2O3/c1-4-12-7-9-13(10-8-12)18-15(20)14(19)17-11-16(21,5-2)6-3/h7-10,21H,4-6,11H2,1-3H3,(H,17,19)(H,18,20). The molecule has 0 unspecified atom stereocenters. The Labute approximate surface area is 125 Å². The van der Waals surface area contributed by atoms with Crippen molar-refractivity contribution < 1.29 is 14.7 Å². The van der Waals surface area contributed by atoms with Crippen molar-refractivity contribution in [3.05, 3.63) is 29.8 Å². The molecule has 0 aliphatic rings. The number of aryl methyl sites for hydroxylation is 1. The van der Waals surface area contributed by atoms with Crippen LogP contribution in [0.4, 0.5) is 5.69 Å². The molecule has 0 aromatic heterocycles. The lowest BCUT2D eigenvalue weighted by atomic mass is 9.98. The van der Waals surface area contributed by atoms with Crippen LogP contribution < -0.4 is 10.6 Å². The summed E-state index contributed by atoms with van der Waals surface area (Å²) in [6.07, 6.45) is 1.95. The second kappa shape index (κ2) is 7.78. The summed E-state index contributed by atoms with van der Waals surface area (Å²) in [7, 11) is 0. The van der Waals surface area contributed by atoms with Gasteiger partial charge in [0.05, 0.1) is 5.60 Å². The summed E-state index contributed by atoms with van der Waals surface area (Å²) in [5, 5.41) is 15.1. The second-order valence-electron chi connectivity index (χ2n) is 5.12. The van der Waals surface area contributed by atoms with Gasteiger partial charge < -0.3 is 15.7 Å². The fourth-order valence-electron chi connectivity index (χ4n) is 1.84. The first-order chi connectivity index (χ1) is 9.94. The van der Waals surface area contributed by atoms with Gasteiger partial charge in [0.1, 0.15) is 0 Å². The van der Waals surface area contributed by atoms with Crippen LogP contribution in [0.1, 0.15) is 39.2 Å². The maximum atomic E-state index is 11.8. The number of benzene rings is 1. The van der Waals surface area contributed by atoms with Crippen LogP contribution in [-0.2, 0) is 16.0 Å². The third-order valence-corrected chi connectivity index (χ3v) is 3.72. The minimum Gasteiger partial charge on any atom is -0.388 e. The molecule has 21 heavy (non-hydrogen) atoms. The van der Waals surface area contributed by atoms with Crippen LogP contribution in [0, 0.1) is 0 Å². The van der Waals surface area contributed by atoms with E-state index in [0.29, 0.717) is 18.5 Å². The largest absolute Gasteiger partial charge is 0.388 e. The quantitative estimate of drug-likeness (QED) is 0.700. The third-order valence-electron chi connectivity index (χ3n) is 3.72. The summed E-state index contributed by atoms with van der Waals surface area (Å²) < 4.78 is 0. The Balaban J connectivity index is 2.52. The molecule has 5 nitrogen and oxygen atoms in total. The van der Waals surface area contributed by atoms with Crippen LogP contribution in [0.2, 0.25) is 0 Å². The van der Waals surface area contributed by atoms with Gasteiger partial charge >= 0.3 is 11.8 Å². The number of nitrogens with one attached hydrogen (secondary N) is 2. The van der Waals surface area contributed by atoms with E-state index in [1.807, 2.05) is 32.9 Å². The molecule has 0 aliphatic heterocycles. The summed E-state index contributed by atoms with van der Waals surface area (Å²) in [5.41, 5.74) is 0.778. The number of hydrogen-bond donors (Lipinski definition) is 3. The molecule has 0 heterocycles. The third kappa shape index (κ3) is 5.19. The number of carbonyl (C=O) groups is 2. The van der Waals surface area contributed by atoms with Crippen LogP contribution in [0.25, 0.3) is 0 Å². The van der Waals surface area contributed by atoms with Crippen molar-refractivity contribution in [1.82, 2.24) is 5.32 Å². The zero-order valence-corrected chi connectivity index (χ0v) is 12.9. The van der Waals surface area contributed by atoms with Crippen molar-refractivity contribution in [2.75, 3.05) is 11.9 Å². The summed E-state index contributed by atoms with van der Waals surface area (Å²) >= 11 is 0. The molecule has 0 saturated heterocycles. The molecule has 0 radical (unpaired) electrons. The average Bonchev–Trinajstić information content (AvgIpc) is 2.52. The number of rotatable bonds is 6.